The summed E-state index contributed by atoms with van der Waals surface area (Å²) in [7, 11) is 0. The third-order valence-corrected chi connectivity index (χ3v) is 3.69. The second kappa shape index (κ2) is 5.98. The standard InChI is InChI=1S/C14H21N3O/c15-9-11-5-7-17(8-6-11)10-12-1-3-13(4-2-12)14(16)18/h1-4,11H,5-10,15H2,(H2,16,18). The van der Waals surface area contributed by atoms with Gasteiger partial charge in [-0.2, -0.15) is 0 Å². The molecule has 1 aliphatic rings. The van der Waals surface area contributed by atoms with E-state index in [1.165, 1.54) is 18.4 Å². The lowest BCUT2D eigenvalue weighted by Gasteiger charge is -2.31. The van der Waals surface area contributed by atoms with E-state index in [4.69, 9.17) is 11.5 Å². The molecule has 1 heterocycles. The zero-order valence-corrected chi connectivity index (χ0v) is 10.6. The fraction of sp³-hybridized carbons (Fsp3) is 0.500. The van der Waals surface area contributed by atoms with Gasteiger partial charge < -0.3 is 11.5 Å². The topological polar surface area (TPSA) is 72.3 Å². The molecule has 1 saturated heterocycles. The van der Waals surface area contributed by atoms with Gasteiger partial charge in [-0.3, -0.25) is 9.69 Å². The number of carbonyl (C=O) groups is 1. The summed E-state index contributed by atoms with van der Waals surface area (Å²) in [5.41, 5.74) is 12.7. The van der Waals surface area contributed by atoms with Crippen LogP contribution in [0.3, 0.4) is 0 Å². The lowest BCUT2D eigenvalue weighted by molar-refractivity contribution is 0.100. The number of hydrogen-bond acceptors (Lipinski definition) is 3. The average Bonchev–Trinajstić information content (AvgIpc) is 2.40. The van der Waals surface area contributed by atoms with Gasteiger partial charge >= 0.3 is 0 Å². The first-order chi connectivity index (χ1) is 8.69. The molecule has 0 aromatic heterocycles. The molecule has 1 aliphatic heterocycles. The number of amides is 1. The number of rotatable bonds is 4. The normalized spacial score (nSPS) is 17.8. The van der Waals surface area contributed by atoms with Gasteiger partial charge in [0.05, 0.1) is 0 Å². The van der Waals surface area contributed by atoms with Gasteiger partial charge in [0.15, 0.2) is 0 Å². The van der Waals surface area contributed by atoms with E-state index >= 15 is 0 Å². The summed E-state index contributed by atoms with van der Waals surface area (Å²) in [4.78, 5) is 13.4. The number of nitrogens with two attached hydrogens (primary N) is 2. The minimum absolute atomic E-state index is 0.370. The summed E-state index contributed by atoms with van der Waals surface area (Å²) in [6.07, 6.45) is 2.38. The zero-order valence-electron chi connectivity index (χ0n) is 10.6. The number of likely N-dealkylation sites (tertiary alicyclic amines) is 1. The Bertz CT molecular complexity index is 394. The van der Waals surface area contributed by atoms with Gasteiger partial charge in [-0.15, -0.1) is 0 Å². The number of benzene rings is 1. The summed E-state index contributed by atoms with van der Waals surface area (Å²) < 4.78 is 0. The highest BCUT2D eigenvalue weighted by Crippen LogP contribution is 2.18. The summed E-state index contributed by atoms with van der Waals surface area (Å²) in [5.74, 6) is 0.323. The fourth-order valence-electron chi connectivity index (χ4n) is 2.41. The Hall–Kier alpha value is -1.39. The van der Waals surface area contributed by atoms with Crippen molar-refractivity contribution >= 4 is 5.91 Å². The van der Waals surface area contributed by atoms with Gasteiger partial charge in [-0.1, -0.05) is 12.1 Å². The lowest BCUT2D eigenvalue weighted by atomic mass is 9.97. The lowest BCUT2D eigenvalue weighted by Crippen LogP contribution is -2.35. The minimum atomic E-state index is -0.370. The first kappa shape index (κ1) is 13.1. The Kier molecular flexibility index (Phi) is 4.33. The summed E-state index contributed by atoms with van der Waals surface area (Å²) in [5, 5.41) is 0. The van der Waals surface area contributed by atoms with Crippen LogP contribution in [0.2, 0.25) is 0 Å². The van der Waals surface area contributed by atoms with Gasteiger partial charge in [-0.25, -0.2) is 0 Å². The smallest absolute Gasteiger partial charge is 0.248 e. The second-order valence-electron chi connectivity index (χ2n) is 5.02. The van der Waals surface area contributed by atoms with Crippen molar-refractivity contribution in [3.8, 4) is 0 Å². The van der Waals surface area contributed by atoms with Gasteiger partial charge in [0.2, 0.25) is 5.91 Å². The first-order valence-corrected chi connectivity index (χ1v) is 6.50. The maximum absolute atomic E-state index is 11.0. The third-order valence-electron chi connectivity index (χ3n) is 3.69. The summed E-state index contributed by atoms with van der Waals surface area (Å²) >= 11 is 0. The van der Waals surface area contributed by atoms with Crippen molar-refractivity contribution in [3.05, 3.63) is 35.4 Å². The van der Waals surface area contributed by atoms with Gasteiger partial charge in [-0.05, 0) is 56.1 Å². The average molecular weight is 247 g/mol. The first-order valence-electron chi connectivity index (χ1n) is 6.50. The Morgan fingerprint density at radius 3 is 2.33 bits per heavy atom. The van der Waals surface area contributed by atoms with Gasteiger partial charge in [0.1, 0.15) is 0 Å². The molecule has 2 rings (SSSR count). The maximum atomic E-state index is 11.0. The van der Waals surface area contributed by atoms with E-state index in [0.29, 0.717) is 11.5 Å². The summed E-state index contributed by atoms with van der Waals surface area (Å²) in [6, 6.07) is 7.55. The molecule has 1 aromatic rings. The largest absolute Gasteiger partial charge is 0.366 e. The predicted octanol–water partition coefficient (Wildman–Crippen LogP) is 0.956. The Labute approximate surface area is 108 Å². The molecule has 0 aliphatic carbocycles. The van der Waals surface area contributed by atoms with E-state index in [-0.39, 0.29) is 5.91 Å². The van der Waals surface area contributed by atoms with E-state index < -0.39 is 0 Å². The quantitative estimate of drug-likeness (QED) is 0.832. The minimum Gasteiger partial charge on any atom is -0.366 e. The number of carbonyl (C=O) groups excluding carboxylic acids is 1. The van der Waals surface area contributed by atoms with Crippen molar-refractivity contribution in [1.29, 1.82) is 0 Å². The molecule has 4 N–H and O–H groups in total. The van der Waals surface area contributed by atoms with Crippen LogP contribution in [-0.2, 0) is 6.54 Å². The number of piperidine rings is 1. The Morgan fingerprint density at radius 1 is 1.22 bits per heavy atom. The molecule has 18 heavy (non-hydrogen) atoms. The van der Waals surface area contributed by atoms with Crippen LogP contribution in [0, 0.1) is 5.92 Å². The van der Waals surface area contributed by atoms with Crippen LogP contribution >= 0.6 is 0 Å². The van der Waals surface area contributed by atoms with Crippen LogP contribution in [0.4, 0.5) is 0 Å². The Balaban J connectivity index is 1.88. The summed E-state index contributed by atoms with van der Waals surface area (Å²) in [6.45, 7) is 3.97. The molecule has 4 heteroatoms. The van der Waals surface area contributed by atoms with Crippen molar-refractivity contribution in [2.45, 2.75) is 19.4 Å². The molecule has 0 saturated carbocycles. The highest BCUT2D eigenvalue weighted by molar-refractivity contribution is 5.92. The van der Waals surface area contributed by atoms with Crippen LogP contribution in [0.1, 0.15) is 28.8 Å². The van der Waals surface area contributed by atoms with Gasteiger partial charge in [0, 0.05) is 12.1 Å². The molecule has 0 unspecified atom stereocenters. The van der Waals surface area contributed by atoms with E-state index in [1.807, 2.05) is 12.1 Å². The fourth-order valence-corrected chi connectivity index (χ4v) is 2.41. The molecule has 1 amide bonds. The monoisotopic (exact) mass is 247 g/mol. The van der Waals surface area contributed by atoms with Crippen molar-refractivity contribution in [1.82, 2.24) is 4.90 Å². The van der Waals surface area contributed by atoms with Crippen LogP contribution in [0.15, 0.2) is 24.3 Å². The molecule has 4 nitrogen and oxygen atoms in total. The van der Waals surface area contributed by atoms with E-state index in [1.54, 1.807) is 12.1 Å². The molecular formula is C14H21N3O. The van der Waals surface area contributed by atoms with Crippen LogP contribution in [0.5, 0.6) is 0 Å². The maximum Gasteiger partial charge on any atom is 0.248 e. The van der Waals surface area contributed by atoms with E-state index in [9.17, 15) is 4.79 Å². The second-order valence-corrected chi connectivity index (χ2v) is 5.02. The molecule has 0 spiro atoms. The zero-order chi connectivity index (χ0) is 13.0. The number of primary amides is 1. The highest BCUT2D eigenvalue weighted by Gasteiger charge is 2.17. The van der Waals surface area contributed by atoms with Crippen molar-refractivity contribution < 1.29 is 4.79 Å². The van der Waals surface area contributed by atoms with Crippen molar-refractivity contribution in [3.63, 3.8) is 0 Å². The van der Waals surface area contributed by atoms with Crippen LogP contribution in [0.25, 0.3) is 0 Å². The van der Waals surface area contributed by atoms with Crippen LogP contribution < -0.4 is 11.5 Å². The Morgan fingerprint density at radius 2 is 1.83 bits per heavy atom. The molecule has 98 valence electrons. The van der Waals surface area contributed by atoms with Crippen LogP contribution in [-0.4, -0.2) is 30.4 Å². The molecule has 1 aromatic carbocycles. The van der Waals surface area contributed by atoms with Gasteiger partial charge in [0.25, 0.3) is 0 Å². The third kappa shape index (κ3) is 3.31. The highest BCUT2D eigenvalue weighted by atomic mass is 16.1. The predicted molar refractivity (Wildman–Crippen MR) is 72.0 cm³/mol. The molecule has 0 bridgehead atoms. The number of hydrogen-bond donors (Lipinski definition) is 2. The molecule has 1 fully saturated rings. The van der Waals surface area contributed by atoms with E-state index in [2.05, 4.69) is 4.90 Å². The van der Waals surface area contributed by atoms with E-state index in [0.717, 1.165) is 26.2 Å². The SMILES string of the molecule is NCC1CCN(Cc2ccc(C(N)=O)cc2)CC1. The van der Waals surface area contributed by atoms with Crippen molar-refractivity contribution in [2.24, 2.45) is 17.4 Å². The molecule has 0 radical (unpaired) electrons. The number of nitrogens with zero attached hydrogens (tertiary/aromatic N) is 1. The molecular weight excluding hydrogens is 226 g/mol. The van der Waals surface area contributed by atoms with Crippen molar-refractivity contribution in [2.75, 3.05) is 19.6 Å². The molecule has 0 atom stereocenters.